The van der Waals surface area contributed by atoms with Crippen LogP contribution in [0.2, 0.25) is 0 Å². The Morgan fingerprint density at radius 1 is 1.26 bits per heavy atom. The second-order valence-electron chi connectivity index (χ2n) is 8.19. The molecule has 10 heteroatoms. The van der Waals surface area contributed by atoms with E-state index in [9.17, 15) is 22.8 Å². The molecule has 1 aromatic carbocycles. The highest BCUT2D eigenvalue weighted by Gasteiger charge is 2.43. The Bertz CT molecular complexity index is 1140. The summed E-state index contributed by atoms with van der Waals surface area (Å²) in [4.78, 5) is 45.4. The van der Waals surface area contributed by atoms with Crippen LogP contribution in [-0.2, 0) is 27.5 Å². The van der Waals surface area contributed by atoms with Crippen LogP contribution in [-0.4, -0.2) is 54.1 Å². The fourth-order valence-corrected chi connectivity index (χ4v) is 5.80. The largest absolute Gasteiger partial charge is 0.300 e. The molecule has 1 aliphatic heterocycles. The minimum atomic E-state index is -3.41. The van der Waals surface area contributed by atoms with E-state index in [1.54, 1.807) is 12.1 Å². The first-order valence-corrected chi connectivity index (χ1v) is 13.0. The number of hydrogen-bond donors (Lipinski definition) is 1. The van der Waals surface area contributed by atoms with Crippen molar-refractivity contribution in [3.8, 4) is 0 Å². The number of aromatic nitrogens is 1. The number of amides is 3. The summed E-state index contributed by atoms with van der Waals surface area (Å²) in [6, 6.07) is 5.08. The van der Waals surface area contributed by atoms with Gasteiger partial charge in [-0.15, -0.1) is 11.3 Å². The van der Waals surface area contributed by atoms with E-state index in [1.165, 1.54) is 23.5 Å². The van der Waals surface area contributed by atoms with Crippen LogP contribution in [0.5, 0.6) is 0 Å². The number of nitrogens with one attached hydrogen (secondary N) is 1. The van der Waals surface area contributed by atoms with Crippen molar-refractivity contribution in [2.45, 2.75) is 38.6 Å². The molecule has 0 saturated carbocycles. The maximum absolute atomic E-state index is 13.2. The standard InChI is InChI=1S/C21H23N3O5S2/c1-12-7-8-15-17(11-12)30-21(22-15)23-18(25)16(9-10-31(2,28)29)24-19(26)13-5-3-4-6-14(13)20(24)27/h3-6,12,16H,7-11H2,1-2H3,(H,22,23,25)/t12-,16-/m1/s1. The molecule has 2 heterocycles. The number of anilines is 1. The fourth-order valence-electron chi connectivity index (χ4n) is 3.98. The Morgan fingerprint density at radius 2 is 1.90 bits per heavy atom. The molecule has 164 valence electrons. The van der Waals surface area contributed by atoms with Crippen molar-refractivity contribution in [3.05, 3.63) is 46.0 Å². The number of imide groups is 1. The molecular formula is C21H23N3O5S2. The molecular weight excluding hydrogens is 438 g/mol. The molecule has 4 rings (SSSR count). The van der Waals surface area contributed by atoms with Crippen molar-refractivity contribution < 1.29 is 22.8 Å². The topological polar surface area (TPSA) is 114 Å². The summed E-state index contributed by atoms with van der Waals surface area (Å²) in [7, 11) is -3.41. The number of rotatable bonds is 6. The van der Waals surface area contributed by atoms with Gasteiger partial charge in [0.2, 0.25) is 5.91 Å². The molecule has 2 aliphatic rings. The molecule has 31 heavy (non-hydrogen) atoms. The number of carbonyl (C=O) groups excluding carboxylic acids is 3. The van der Waals surface area contributed by atoms with E-state index in [1.807, 2.05) is 0 Å². The number of aryl methyl sites for hydroxylation is 1. The molecule has 0 fully saturated rings. The summed E-state index contributed by atoms with van der Waals surface area (Å²) in [5.74, 6) is -1.58. The summed E-state index contributed by atoms with van der Waals surface area (Å²) >= 11 is 1.39. The Labute approximate surface area is 184 Å². The number of nitrogens with zero attached hydrogens (tertiary/aromatic N) is 2. The average Bonchev–Trinajstić information content (AvgIpc) is 3.20. The fraction of sp³-hybridized carbons (Fsp3) is 0.429. The third kappa shape index (κ3) is 4.40. The first-order valence-electron chi connectivity index (χ1n) is 10.1. The van der Waals surface area contributed by atoms with Gasteiger partial charge in [-0.2, -0.15) is 0 Å². The minimum Gasteiger partial charge on any atom is -0.300 e. The minimum absolute atomic E-state index is 0.182. The van der Waals surface area contributed by atoms with E-state index in [0.29, 0.717) is 11.0 Å². The lowest BCUT2D eigenvalue weighted by Gasteiger charge is -2.24. The quantitative estimate of drug-likeness (QED) is 0.661. The van der Waals surface area contributed by atoms with Gasteiger partial charge >= 0.3 is 0 Å². The second kappa shape index (κ2) is 8.16. The van der Waals surface area contributed by atoms with Crippen molar-refractivity contribution in [2.75, 3.05) is 17.3 Å². The lowest BCUT2D eigenvalue weighted by molar-refractivity contribution is -0.120. The van der Waals surface area contributed by atoms with Crippen LogP contribution < -0.4 is 5.32 Å². The van der Waals surface area contributed by atoms with Crippen LogP contribution in [0, 0.1) is 5.92 Å². The highest BCUT2D eigenvalue weighted by molar-refractivity contribution is 7.90. The van der Waals surface area contributed by atoms with Crippen LogP contribution in [0.25, 0.3) is 0 Å². The van der Waals surface area contributed by atoms with E-state index >= 15 is 0 Å². The zero-order valence-electron chi connectivity index (χ0n) is 17.3. The number of carbonyl (C=O) groups is 3. The molecule has 0 bridgehead atoms. The molecule has 0 saturated heterocycles. The number of fused-ring (bicyclic) bond motifs is 2. The normalized spacial score (nSPS) is 19.2. The summed E-state index contributed by atoms with van der Waals surface area (Å²) in [6.45, 7) is 2.17. The Hall–Kier alpha value is -2.59. The van der Waals surface area contributed by atoms with E-state index in [4.69, 9.17) is 0 Å². The Kier molecular flexibility index (Phi) is 5.69. The van der Waals surface area contributed by atoms with Crippen LogP contribution in [0.1, 0.15) is 51.1 Å². The molecule has 8 nitrogen and oxygen atoms in total. The maximum atomic E-state index is 13.2. The number of benzene rings is 1. The summed E-state index contributed by atoms with van der Waals surface area (Å²) in [5, 5.41) is 3.13. The van der Waals surface area contributed by atoms with Gasteiger partial charge in [0.05, 0.1) is 22.6 Å². The van der Waals surface area contributed by atoms with Crippen molar-refractivity contribution >= 4 is 44.0 Å². The highest BCUT2D eigenvalue weighted by atomic mass is 32.2. The Morgan fingerprint density at radius 3 is 2.52 bits per heavy atom. The first-order chi connectivity index (χ1) is 14.6. The van der Waals surface area contributed by atoms with Gasteiger partial charge < -0.3 is 5.32 Å². The van der Waals surface area contributed by atoms with Crippen LogP contribution in [0.3, 0.4) is 0 Å². The van der Waals surface area contributed by atoms with E-state index in [-0.39, 0.29) is 23.3 Å². The van der Waals surface area contributed by atoms with E-state index in [0.717, 1.165) is 41.0 Å². The molecule has 2 atom stereocenters. The lowest BCUT2D eigenvalue weighted by atomic mass is 9.93. The van der Waals surface area contributed by atoms with Crippen molar-refractivity contribution in [3.63, 3.8) is 0 Å². The first kappa shape index (κ1) is 21.6. The number of hydrogen-bond acceptors (Lipinski definition) is 7. The molecule has 1 N–H and O–H groups in total. The number of thiazole rings is 1. The third-order valence-electron chi connectivity index (χ3n) is 5.62. The monoisotopic (exact) mass is 461 g/mol. The molecule has 3 amide bonds. The van der Waals surface area contributed by atoms with Crippen LogP contribution in [0.15, 0.2) is 24.3 Å². The van der Waals surface area contributed by atoms with E-state index < -0.39 is 33.6 Å². The lowest BCUT2D eigenvalue weighted by Crippen LogP contribution is -2.48. The molecule has 0 unspecified atom stereocenters. The second-order valence-corrected chi connectivity index (χ2v) is 11.5. The van der Waals surface area contributed by atoms with Gasteiger partial charge in [-0.3, -0.25) is 19.3 Å². The van der Waals surface area contributed by atoms with Gasteiger partial charge in [0.1, 0.15) is 15.9 Å². The van der Waals surface area contributed by atoms with E-state index in [2.05, 4.69) is 17.2 Å². The highest BCUT2D eigenvalue weighted by Crippen LogP contribution is 2.33. The molecule has 0 spiro atoms. The van der Waals surface area contributed by atoms with Gasteiger partial charge in [-0.05, 0) is 43.7 Å². The SMILES string of the molecule is C[C@@H]1CCc2nc(NC(=O)[C@@H](CCS(C)(=O)=O)N3C(=O)c4ccccc4C3=O)sc2C1. The third-order valence-corrected chi connectivity index (χ3v) is 7.63. The van der Waals surface area contributed by atoms with Crippen LogP contribution >= 0.6 is 11.3 Å². The predicted octanol–water partition coefficient (Wildman–Crippen LogP) is 2.31. The van der Waals surface area contributed by atoms with Crippen LogP contribution in [0.4, 0.5) is 5.13 Å². The molecule has 1 aliphatic carbocycles. The van der Waals surface area contributed by atoms with Gasteiger partial charge in [0.25, 0.3) is 11.8 Å². The van der Waals surface area contributed by atoms with Gasteiger partial charge in [-0.25, -0.2) is 13.4 Å². The smallest absolute Gasteiger partial charge is 0.262 e. The predicted molar refractivity (Wildman–Crippen MR) is 117 cm³/mol. The maximum Gasteiger partial charge on any atom is 0.262 e. The van der Waals surface area contributed by atoms with Crippen molar-refractivity contribution in [1.29, 1.82) is 0 Å². The van der Waals surface area contributed by atoms with Crippen molar-refractivity contribution in [1.82, 2.24) is 9.88 Å². The average molecular weight is 462 g/mol. The molecule has 2 aromatic rings. The van der Waals surface area contributed by atoms with Crippen molar-refractivity contribution in [2.24, 2.45) is 5.92 Å². The zero-order valence-corrected chi connectivity index (χ0v) is 18.9. The Balaban J connectivity index is 1.60. The molecule has 1 aromatic heterocycles. The summed E-state index contributed by atoms with van der Waals surface area (Å²) < 4.78 is 23.5. The number of sulfone groups is 1. The summed E-state index contributed by atoms with van der Waals surface area (Å²) in [5.41, 5.74) is 1.39. The molecule has 0 radical (unpaired) electrons. The van der Waals surface area contributed by atoms with Gasteiger partial charge in [0, 0.05) is 11.1 Å². The summed E-state index contributed by atoms with van der Waals surface area (Å²) in [6.07, 6.45) is 3.66. The van der Waals surface area contributed by atoms with Gasteiger partial charge in [0.15, 0.2) is 5.13 Å². The van der Waals surface area contributed by atoms with Gasteiger partial charge in [-0.1, -0.05) is 19.1 Å². The zero-order chi connectivity index (χ0) is 22.3.